The van der Waals surface area contributed by atoms with Crippen molar-refractivity contribution in [2.45, 2.75) is 45.4 Å². The van der Waals surface area contributed by atoms with Crippen LogP contribution in [0, 0.1) is 13.8 Å². The summed E-state index contributed by atoms with van der Waals surface area (Å²) in [6.07, 6.45) is 1.63. The molecular weight excluding hydrogens is 476 g/mol. The van der Waals surface area contributed by atoms with Gasteiger partial charge in [0.25, 0.3) is 5.91 Å². The van der Waals surface area contributed by atoms with Gasteiger partial charge in [-0.05, 0) is 49.9 Å². The molecule has 2 aromatic carbocycles. The maximum Gasteiger partial charge on any atom is 0.290 e. The highest BCUT2D eigenvalue weighted by Crippen LogP contribution is 2.41. The fourth-order valence-corrected chi connectivity index (χ4v) is 5.65. The van der Waals surface area contributed by atoms with E-state index in [0.717, 1.165) is 29.0 Å². The summed E-state index contributed by atoms with van der Waals surface area (Å²) in [7, 11) is 0. The first-order valence-electron chi connectivity index (χ1n) is 12.0. The lowest BCUT2D eigenvalue weighted by molar-refractivity contribution is -0.131. The number of benzene rings is 2. The Morgan fingerprint density at radius 1 is 1.17 bits per heavy atom. The van der Waals surface area contributed by atoms with E-state index < -0.39 is 17.7 Å². The molecule has 2 aliphatic heterocycles. The van der Waals surface area contributed by atoms with Crippen LogP contribution < -0.4 is 4.74 Å². The van der Waals surface area contributed by atoms with E-state index in [9.17, 15) is 14.7 Å². The number of hydrogen-bond acceptors (Lipinski definition) is 7. The molecule has 1 saturated heterocycles. The molecule has 3 aromatic rings. The highest BCUT2D eigenvalue weighted by atomic mass is 32.1. The monoisotopic (exact) mass is 504 g/mol. The van der Waals surface area contributed by atoms with Crippen LogP contribution in [0.15, 0.2) is 65.9 Å². The molecule has 3 heterocycles. The van der Waals surface area contributed by atoms with Gasteiger partial charge in [-0.15, -0.1) is 11.3 Å². The van der Waals surface area contributed by atoms with Crippen LogP contribution in [-0.2, 0) is 16.1 Å². The minimum atomic E-state index is -0.723. The summed E-state index contributed by atoms with van der Waals surface area (Å²) in [6.45, 7) is 4.98. The van der Waals surface area contributed by atoms with E-state index in [4.69, 9.17) is 9.47 Å². The standard InChI is InChI=1S/C28H28N2O5S/c1-17-27(36-18(2)29-17)25(31)23-24(30(28(33)26(23)32)15-22-9-6-14-34-22)20-10-12-21(13-11-20)35-16-19-7-4-3-5-8-19/h3-5,7-8,10-13,22,24,32H,6,9,14-16H2,1-2H3. The number of hydrogen-bond donors (Lipinski definition) is 1. The number of amides is 1. The number of aromatic nitrogens is 1. The number of aliphatic hydroxyl groups excluding tert-OH is 1. The van der Waals surface area contributed by atoms with Gasteiger partial charge in [0.05, 0.1) is 33.3 Å². The number of Topliss-reactive ketones (excluding diaryl/α,β-unsaturated/α-hetero) is 1. The highest BCUT2D eigenvalue weighted by Gasteiger charge is 2.45. The zero-order chi connectivity index (χ0) is 25.2. The Balaban J connectivity index is 1.45. The van der Waals surface area contributed by atoms with E-state index in [1.807, 2.05) is 61.5 Å². The second-order valence-corrected chi connectivity index (χ2v) is 10.3. The molecule has 1 fully saturated rings. The molecule has 2 aliphatic rings. The minimum absolute atomic E-state index is 0.0858. The second kappa shape index (κ2) is 10.2. The molecule has 1 amide bonds. The van der Waals surface area contributed by atoms with Crippen LogP contribution in [-0.4, -0.2) is 45.9 Å². The molecule has 1 N–H and O–H groups in total. The van der Waals surface area contributed by atoms with Gasteiger partial charge in [0.15, 0.2) is 5.76 Å². The maximum absolute atomic E-state index is 13.6. The van der Waals surface area contributed by atoms with Crippen molar-refractivity contribution in [2.24, 2.45) is 0 Å². The van der Waals surface area contributed by atoms with Crippen LogP contribution in [0.25, 0.3) is 0 Å². The van der Waals surface area contributed by atoms with Gasteiger partial charge in [-0.25, -0.2) is 4.98 Å². The Morgan fingerprint density at radius 2 is 1.92 bits per heavy atom. The smallest absolute Gasteiger partial charge is 0.290 e. The molecule has 2 unspecified atom stereocenters. The molecule has 186 valence electrons. The number of aryl methyl sites for hydroxylation is 2. The van der Waals surface area contributed by atoms with Gasteiger partial charge in [-0.3, -0.25) is 9.59 Å². The summed E-state index contributed by atoms with van der Waals surface area (Å²) in [5, 5.41) is 11.7. The van der Waals surface area contributed by atoms with Crippen molar-refractivity contribution in [3.05, 3.63) is 92.6 Å². The van der Waals surface area contributed by atoms with Crippen molar-refractivity contribution in [1.29, 1.82) is 0 Å². The third-order valence-corrected chi connectivity index (χ3v) is 7.60. The van der Waals surface area contributed by atoms with Gasteiger partial charge in [0.1, 0.15) is 12.4 Å². The first-order valence-corrected chi connectivity index (χ1v) is 12.8. The Hall–Kier alpha value is -3.49. The van der Waals surface area contributed by atoms with E-state index in [0.29, 0.717) is 36.1 Å². The lowest BCUT2D eigenvalue weighted by atomic mass is 9.94. The van der Waals surface area contributed by atoms with Crippen molar-refractivity contribution in [2.75, 3.05) is 13.2 Å². The fourth-order valence-electron chi connectivity index (χ4n) is 4.78. The van der Waals surface area contributed by atoms with Gasteiger partial charge < -0.3 is 19.5 Å². The molecule has 5 rings (SSSR count). The number of carbonyl (C=O) groups excluding carboxylic acids is 2. The average Bonchev–Trinajstić information content (AvgIpc) is 3.58. The largest absolute Gasteiger partial charge is 0.503 e. The Kier molecular flexibility index (Phi) is 6.89. The van der Waals surface area contributed by atoms with E-state index in [1.54, 1.807) is 11.8 Å². The number of carbonyl (C=O) groups is 2. The highest BCUT2D eigenvalue weighted by molar-refractivity contribution is 7.14. The van der Waals surface area contributed by atoms with Crippen LogP contribution in [0.4, 0.5) is 0 Å². The molecule has 0 radical (unpaired) electrons. The van der Waals surface area contributed by atoms with Crippen molar-refractivity contribution in [3.8, 4) is 5.75 Å². The van der Waals surface area contributed by atoms with Gasteiger partial charge >= 0.3 is 0 Å². The molecule has 0 saturated carbocycles. The molecule has 1 aromatic heterocycles. The fraction of sp³-hybridized carbons (Fsp3) is 0.321. The van der Waals surface area contributed by atoms with Crippen molar-refractivity contribution >= 4 is 23.0 Å². The molecular formula is C28H28N2O5S. The molecule has 0 bridgehead atoms. The van der Waals surface area contributed by atoms with Crippen molar-refractivity contribution < 1.29 is 24.2 Å². The van der Waals surface area contributed by atoms with E-state index in [2.05, 4.69) is 4.98 Å². The quantitative estimate of drug-likeness (QED) is 0.430. The first-order chi connectivity index (χ1) is 17.4. The van der Waals surface area contributed by atoms with Gasteiger partial charge in [-0.2, -0.15) is 0 Å². The number of nitrogens with zero attached hydrogens (tertiary/aromatic N) is 2. The second-order valence-electron chi connectivity index (χ2n) is 9.08. The number of rotatable bonds is 8. The average molecular weight is 505 g/mol. The summed E-state index contributed by atoms with van der Waals surface area (Å²) >= 11 is 1.27. The molecule has 0 spiro atoms. The van der Waals surface area contributed by atoms with Crippen LogP contribution in [0.5, 0.6) is 5.75 Å². The topological polar surface area (TPSA) is 89.0 Å². The lowest BCUT2D eigenvalue weighted by Crippen LogP contribution is -2.37. The zero-order valence-corrected chi connectivity index (χ0v) is 21.1. The normalized spacial score (nSPS) is 19.8. The summed E-state index contributed by atoms with van der Waals surface area (Å²) in [5.74, 6) is -0.749. The summed E-state index contributed by atoms with van der Waals surface area (Å²) < 4.78 is 11.7. The minimum Gasteiger partial charge on any atom is -0.503 e. The van der Waals surface area contributed by atoms with Gasteiger partial charge in [0.2, 0.25) is 5.78 Å². The van der Waals surface area contributed by atoms with E-state index in [-0.39, 0.29) is 17.5 Å². The van der Waals surface area contributed by atoms with Crippen LogP contribution in [0.1, 0.15) is 50.4 Å². The van der Waals surface area contributed by atoms with Crippen molar-refractivity contribution in [1.82, 2.24) is 9.88 Å². The third kappa shape index (κ3) is 4.79. The van der Waals surface area contributed by atoms with Crippen molar-refractivity contribution in [3.63, 3.8) is 0 Å². The summed E-state index contributed by atoms with van der Waals surface area (Å²) in [5.41, 5.74) is 2.46. The first kappa shape index (κ1) is 24.2. The predicted molar refractivity (Wildman–Crippen MR) is 136 cm³/mol. The Morgan fingerprint density at radius 3 is 2.56 bits per heavy atom. The Bertz CT molecular complexity index is 1290. The van der Waals surface area contributed by atoms with Gasteiger partial charge in [-0.1, -0.05) is 42.5 Å². The van der Waals surface area contributed by atoms with Crippen LogP contribution in [0.2, 0.25) is 0 Å². The molecule has 0 aliphatic carbocycles. The maximum atomic E-state index is 13.6. The zero-order valence-electron chi connectivity index (χ0n) is 20.3. The summed E-state index contributed by atoms with van der Waals surface area (Å²) in [4.78, 5) is 33.2. The molecule has 8 heteroatoms. The van der Waals surface area contributed by atoms with Crippen LogP contribution in [0.3, 0.4) is 0 Å². The van der Waals surface area contributed by atoms with Gasteiger partial charge in [0, 0.05) is 13.2 Å². The predicted octanol–water partition coefficient (Wildman–Crippen LogP) is 5.10. The number of thiazole rings is 1. The molecule has 2 atom stereocenters. The number of ketones is 1. The molecule has 7 nitrogen and oxygen atoms in total. The molecule has 36 heavy (non-hydrogen) atoms. The van der Waals surface area contributed by atoms with E-state index >= 15 is 0 Å². The SMILES string of the molecule is Cc1nc(C)c(C(=O)C2=C(O)C(=O)N(CC3CCCO3)C2c2ccc(OCc3ccccc3)cc2)s1. The van der Waals surface area contributed by atoms with Crippen LogP contribution >= 0.6 is 11.3 Å². The number of ether oxygens (including phenoxy) is 2. The third-order valence-electron chi connectivity index (χ3n) is 6.53. The van der Waals surface area contributed by atoms with E-state index in [1.165, 1.54) is 11.3 Å². The Labute approximate surface area is 214 Å². The lowest BCUT2D eigenvalue weighted by Gasteiger charge is -2.29. The number of aliphatic hydroxyl groups is 1. The summed E-state index contributed by atoms with van der Waals surface area (Å²) in [6, 6.07) is 16.5.